The third-order valence-corrected chi connectivity index (χ3v) is 7.65. The van der Waals surface area contributed by atoms with Gasteiger partial charge in [0.2, 0.25) is 15.0 Å². The van der Waals surface area contributed by atoms with Gasteiger partial charge in [0, 0.05) is 26.6 Å². The molecule has 2 aromatic heterocycles. The molecule has 10 nitrogen and oxygen atoms in total. The second kappa shape index (κ2) is 9.33. The van der Waals surface area contributed by atoms with Crippen molar-refractivity contribution < 1.29 is 22.6 Å². The third-order valence-electron chi connectivity index (χ3n) is 4.88. The van der Waals surface area contributed by atoms with Crippen molar-refractivity contribution in [2.75, 3.05) is 28.3 Å². The van der Waals surface area contributed by atoms with Gasteiger partial charge in [0.15, 0.2) is 22.3 Å². The summed E-state index contributed by atoms with van der Waals surface area (Å²) in [4.78, 5) is 0.693. The van der Waals surface area contributed by atoms with Crippen LogP contribution in [0, 0.1) is 0 Å². The lowest BCUT2D eigenvalue weighted by molar-refractivity contribution is 0.304. The molecule has 33 heavy (non-hydrogen) atoms. The summed E-state index contributed by atoms with van der Waals surface area (Å²) in [5, 5.41) is 13.7. The number of hydrogen-bond acceptors (Lipinski definition) is 9. The van der Waals surface area contributed by atoms with Gasteiger partial charge in [-0.1, -0.05) is 29.5 Å². The van der Waals surface area contributed by atoms with E-state index >= 15 is 0 Å². The molecule has 0 saturated carbocycles. The van der Waals surface area contributed by atoms with Gasteiger partial charge in [-0.2, -0.15) is 9.61 Å². The highest BCUT2D eigenvalue weighted by atomic mass is 32.2. The number of ether oxygens (including phenoxy) is 3. The maximum Gasteiger partial charge on any atom is 0.242 e. The minimum absolute atomic E-state index is 0.102. The minimum Gasteiger partial charge on any atom is -0.493 e. The molecule has 0 aliphatic rings. The van der Waals surface area contributed by atoms with E-state index < -0.39 is 10.0 Å². The van der Waals surface area contributed by atoms with E-state index in [9.17, 15) is 8.42 Å². The first-order chi connectivity index (χ1) is 15.8. The summed E-state index contributed by atoms with van der Waals surface area (Å²) in [5.74, 6) is 1.98. The SMILES string of the molecule is COc1cc(Cc2nnc3sc(COc4ccccc4)nn23)c(S(=O)(=O)N(C)C)cc1OC. The largest absolute Gasteiger partial charge is 0.493 e. The summed E-state index contributed by atoms with van der Waals surface area (Å²) in [5.41, 5.74) is 0.491. The van der Waals surface area contributed by atoms with Gasteiger partial charge in [-0.15, -0.1) is 10.2 Å². The standard InChI is InChI=1S/C21H23N5O5S2/c1-25(2)33(27,28)18-12-17(30-4)16(29-3)10-14(18)11-19-22-23-21-26(19)24-20(32-21)13-31-15-8-6-5-7-9-15/h5-10,12H,11,13H2,1-4H3. The molecule has 0 amide bonds. The molecule has 4 rings (SSSR count). The second-order valence-corrected chi connectivity index (χ2v) is 10.3. The smallest absolute Gasteiger partial charge is 0.242 e. The quantitative estimate of drug-likeness (QED) is 0.353. The summed E-state index contributed by atoms with van der Waals surface area (Å²) >= 11 is 1.36. The predicted molar refractivity (Wildman–Crippen MR) is 123 cm³/mol. The molecular weight excluding hydrogens is 466 g/mol. The van der Waals surface area contributed by atoms with Crippen LogP contribution in [-0.2, 0) is 23.1 Å². The van der Waals surface area contributed by atoms with Crippen LogP contribution >= 0.6 is 11.3 Å². The third kappa shape index (κ3) is 4.63. The van der Waals surface area contributed by atoms with Gasteiger partial charge in [0.1, 0.15) is 12.4 Å². The van der Waals surface area contributed by atoms with E-state index in [1.807, 2.05) is 30.3 Å². The van der Waals surface area contributed by atoms with Gasteiger partial charge in [0.25, 0.3) is 0 Å². The number of rotatable bonds is 9. The van der Waals surface area contributed by atoms with Gasteiger partial charge in [0.05, 0.1) is 19.1 Å². The molecule has 0 radical (unpaired) electrons. The first-order valence-electron chi connectivity index (χ1n) is 9.88. The van der Waals surface area contributed by atoms with E-state index in [-0.39, 0.29) is 17.9 Å². The summed E-state index contributed by atoms with van der Waals surface area (Å²) in [6, 6.07) is 12.6. The highest BCUT2D eigenvalue weighted by Gasteiger charge is 2.26. The van der Waals surface area contributed by atoms with Gasteiger partial charge < -0.3 is 14.2 Å². The Hall–Kier alpha value is -3.22. The molecule has 4 aromatic rings. The average molecular weight is 490 g/mol. The molecule has 2 aromatic carbocycles. The van der Waals surface area contributed by atoms with Gasteiger partial charge in [-0.3, -0.25) is 0 Å². The number of sulfonamides is 1. The highest BCUT2D eigenvalue weighted by Crippen LogP contribution is 2.34. The Bertz CT molecular complexity index is 1370. The zero-order chi connectivity index (χ0) is 23.6. The predicted octanol–water partition coefficient (Wildman–Crippen LogP) is 2.62. The van der Waals surface area contributed by atoms with Crippen molar-refractivity contribution in [3.05, 3.63) is 58.9 Å². The number of aromatic nitrogens is 4. The number of methoxy groups -OCH3 is 2. The molecule has 12 heteroatoms. The molecule has 0 unspecified atom stereocenters. The molecule has 2 heterocycles. The van der Waals surface area contributed by atoms with Crippen molar-refractivity contribution in [3.8, 4) is 17.2 Å². The normalized spacial score (nSPS) is 11.8. The number of hydrogen-bond donors (Lipinski definition) is 0. The van der Waals surface area contributed by atoms with E-state index in [2.05, 4.69) is 15.3 Å². The van der Waals surface area contributed by atoms with Crippen molar-refractivity contribution >= 4 is 26.3 Å². The lowest BCUT2D eigenvalue weighted by atomic mass is 10.1. The van der Waals surface area contributed by atoms with Crippen LogP contribution in [0.15, 0.2) is 47.4 Å². The van der Waals surface area contributed by atoms with Gasteiger partial charge in [-0.25, -0.2) is 12.7 Å². The van der Waals surface area contributed by atoms with Crippen molar-refractivity contribution in [1.82, 2.24) is 24.1 Å². The number of para-hydroxylation sites is 1. The Morgan fingerprint density at radius 1 is 1.03 bits per heavy atom. The van der Waals surface area contributed by atoms with Crippen molar-refractivity contribution in [2.24, 2.45) is 0 Å². The fourth-order valence-electron chi connectivity index (χ4n) is 3.18. The first-order valence-corrected chi connectivity index (χ1v) is 12.1. The zero-order valence-electron chi connectivity index (χ0n) is 18.5. The molecule has 0 spiro atoms. The van der Waals surface area contributed by atoms with Gasteiger partial charge in [-0.05, 0) is 23.8 Å². The van der Waals surface area contributed by atoms with Crippen LogP contribution < -0.4 is 14.2 Å². The Kier molecular flexibility index (Phi) is 6.49. The summed E-state index contributed by atoms with van der Waals surface area (Å²) in [7, 11) is 2.16. The molecule has 0 fully saturated rings. The fraction of sp³-hybridized carbons (Fsp3) is 0.286. The minimum atomic E-state index is -3.75. The summed E-state index contributed by atoms with van der Waals surface area (Å²) in [6.07, 6.45) is 0.173. The van der Waals surface area contributed by atoms with E-state index in [0.717, 1.165) is 15.1 Å². The Morgan fingerprint density at radius 2 is 1.73 bits per heavy atom. The van der Waals surface area contributed by atoms with Crippen LogP contribution in [0.4, 0.5) is 0 Å². The summed E-state index contributed by atoms with van der Waals surface area (Å²) < 4.78 is 45.2. The molecule has 0 N–H and O–H groups in total. The highest BCUT2D eigenvalue weighted by molar-refractivity contribution is 7.89. The first kappa shape index (κ1) is 23.0. The number of benzene rings is 2. The van der Waals surface area contributed by atoms with Crippen molar-refractivity contribution in [2.45, 2.75) is 17.9 Å². The molecule has 0 aliphatic carbocycles. The number of nitrogens with zero attached hydrogens (tertiary/aromatic N) is 5. The maximum atomic E-state index is 13.0. The second-order valence-electron chi connectivity index (χ2n) is 7.19. The maximum absolute atomic E-state index is 13.0. The van der Waals surface area contributed by atoms with Crippen LogP contribution in [0.5, 0.6) is 17.2 Å². The Labute approximate surface area is 195 Å². The zero-order valence-corrected chi connectivity index (χ0v) is 20.2. The molecule has 0 saturated heterocycles. The molecule has 174 valence electrons. The van der Waals surface area contributed by atoms with Crippen LogP contribution in [0.25, 0.3) is 4.96 Å². The van der Waals surface area contributed by atoms with E-state index in [1.54, 1.807) is 10.6 Å². The van der Waals surface area contributed by atoms with Gasteiger partial charge >= 0.3 is 0 Å². The lowest BCUT2D eigenvalue weighted by Gasteiger charge is -2.17. The lowest BCUT2D eigenvalue weighted by Crippen LogP contribution is -2.23. The van der Waals surface area contributed by atoms with Crippen LogP contribution in [0.1, 0.15) is 16.4 Å². The van der Waals surface area contributed by atoms with E-state index in [4.69, 9.17) is 14.2 Å². The topological polar surface area (TPSA) is 108 Å². The average Bonchev–Trinajstić information content (AvgIpc) is 3.39. The number of fused-ring (bicyclic) bond motifs is 1. The molecule has 0 atom stereocenters. The van der Waals surface area contributed by atoms with E-state index in [0.29, 0.717) is 27.8 Å². The fourth-order valence-corrected chi connectivity index (χ4v) is 5.05. The molecule has 0 aliphatic heterocycles. The Balaban J connectivity index is 1.68. The summed E-state index contributed by atoms with van der Waals surface area (Å²) in [6.45, 7) is 0.286. The monoisotopic (exact) mass is 489 g/mol. The van der Waals surface area contributed by atoms with E-state index in [1.165, 1.54) is 45.7 Å². The van der Waals surface area contributed by atoms with Crippen LogP contribution in [-0.4, -0.2) is 60.8 Å². The van der Waals surface area contributed by atoms with Crippen molar-refractivity contribution in [1.29, 1.82) is 0 Å². The van der Waals surface area contributed by atoms with Crippen molar-refractivity contribution in [3.63, 3.8) is 0 Å². The molecular formula is C21H23N5O5S2. The van der Waals surface area contributed by atoms with Crippen LogP contribution in [0.3, 0.4) is 0 Å². The Morgan fingerprint density at radius 3 is 2.39 bits per heavy atom. The molecule has 0 bridgehead atoms. The van der Waals surface area contributed by atoms with Crippen LogP contribution in [0.2, 0.25) is 0 Å².